The lowest BCUT2D eigenvalue weighted by Crippen LogP contribution is -2.51. The largest absolute Gasteiger partial charge is 0.342 e. The zero-order chi connectivity index (χ0) is 29.6. The summed E-state index contributed by atoms with van der Waals surface area (Å²) in [6.45, 7) is 4.84. The summed E-state index contributed by atoms with van der Waals surface area (Å²) in [5.41, 5.74) is 0.743. The van der Waals surface area contributed by atoms with E-state index in [-0.39, 0.29) is 54.1 Å². The van der Waals surface area contributed by atoms with Crippen molar-refractivity contribution < 1.29 is 22.4 Å². The van der Waals surface area contributed by atoms with E-state index in [1.807, 2.05) is 36.3 Å². The van der Waals surface area contributed by atoms with Gasteiger partial charge in [-0.05, 0) is 72.2 Å². The van der Waals surface area contributed by atoms with Gasteiger partial charge in [0.25, 0.3) is 0 Å². The number of hydrogen-bond acceptors (Lipinski definition) is 5. The van der Waals surface area contributed by atoms with Crippen LogP contribution >= 0.6 is 22.9 Å². The van der Waals surface area contributed by atoms with Gasteiger partial charge in [0, 0.05) is 42.1 Å². The standard InChI is InChI=1S/C30H35ClFN3O4S2/c1-22(2)19-34(41(38,39)28-11-7-24(31)8-12-28)21-30(37)35(20-23-5-9-25(32)10-6-23)26-13-15-33(16-14-26)29(36)18-27-4-3-17-40-27/h3-12,17,22,26H,13-16,18-21H2,1-2H3. The normalized spacial score (nSPS) is 14.5. The van der Waals surface area contributed by atoms with E-state index >= 15 is 0 Å². The number of piperidine rings is 1. The molecule has 41 heavy (non-hydrogen) atoms. The highest BCUT2D eigenvalue weighted by Gasteiger charge is 2.34. The summed E-state index contributed by atoms with van der Waals surface area (Å²) in [5, 5.41) is 2.37. The van der Waals surface area contributed by atoms with Crippen molar-refractivity contribution in [3.8, 4) is 0 Å². The lowest BCUT2D eigenvalue weighted by Gasteiger charge is -2.39. The van der Waals surface area contributed by atoms with E-state index in [0.29, 0.717) is 37.4 Å². The molecule has 11 heteroatoms. The van der Waals surface area contributed by atoms with Crippen molar-refractivity contribution in [3.05, 3.63) is 87.3 Å². The zero-order valence-electron chi connectivity index (χ0n) is 23.2. The molecule has 2 heterocycles. The molecular weight excluding hydrogens is 585 g/mol. The van der Waals surface area contributed by atoms with Crippen LogP contribution in [-0.4, -0.2) is 66.6 Å². The molecule has 2 aromatic carbocycles. The highest BCUT2D eigenvalue weighted by molar-refractivity contribution is 7.89. The van der Waals surface area contributed by atoms with Crippen LogP contribution in [0.2, 0.25) is 5.02 Å². The van der Waals surface area contributed by atoms with Crippen LogP contribution in [0.25, 0.3) is 0 Å². The number of likely N-dealkylation sites (tertiary alicyclic amines) is 1. The van der Waals surface area contributed by atoms with Crippen molar-refractivity contribution in [1.82, 2.24) is 14.1 Å². The molecule has 4 rings (SSSR count). The Balaban J connectivity index is 1.53. The molecule has 1 aliphatic heterocycles. The molecule has 0 atom stereocenters. The maximum absolute atomic E-state index is 13.9. The first-order valence-electron chi connectivity index (χ1n) is 13.6. The molecule has 1 aliphatic rings. The van der Waals surface area contributed by atoms with Crippen LogP contribution in [0, 0.1) is 11.7 Å². The summed E-state index contributed by atoms with van der Waals surface area (Å²) in [5.74, 6) is -0.676. The van der Waals surface area contributed by atoms with Crippen LogP contribution < -0.4 is 0 Å². The second-order valence-corrected chi connectivity index (χ2v) is 14.1. The maximum Gasteiger partial charge on any atom is 0.243 e. The van der Waals surface area contributed by atoms with E-state index < -0.39 is 10.0 Å². The number of sulfonamides is 1. The fraction of sp³-hybridized carbons (Fsp3) is 0.400. The Kier molecular flexibility index (Phi) is 10.6. The van der Waals surface area contributed by atoms with Gasteiger partial charge in [-0.3, -0.25) is 9.59 Å². The molecule has 0 unspecified atom stereocenters. The number of rotatable bonds is 11. The average Bonchev–Trinajstić information content (AvgIpc) is 3.45. The number of hydrogen-bond donors (Lipinski definition) is 0. The van der Waals surface area contributed by atoms with E-state index in [0.717, 1.165) is 10.4 Å². The van der Waals surface area contributed by atoms with E-state index in [4.69, 9.17) is 11.6 Å². The minimum atomic E-state index is -3.97. The quantitative estimate of drug-likeness (QED) is 0.286. The minimum Gasteiger partial charge on any atom is -0.342 e. The molecule has 3 aromatic rings. The maximum atomic E-state index is 13.9. The number of halogens is 2. The first-order valence-corrected chi connectivity index (χ1v) is 16.3. The molecule has 1 aromatic heterocycles. The number of carbonyl (C=O) groups is 2. The molecule has 0 radical (unpaired) electrons. The zero-order valence-corrected chi connectivity index (χ0v) is 25.6. The summed E-state index contributed by atoms with van der Waals surface area (Å²) >= 11 is 7.52. The lowest BCUT2D eigenvalue weighted by molar-refractivity contribution is -0.137. The Morgan fingerprint density at radius 3 is 2.29 bits per heavy atom. The van der Waals surface area contributed by atoms with Crippen molar-refractivity contribution >= 4 is 44.8 Å². The molecule has 1 fully saturated rings. The number of benzene rings is 2. The monoisotopic (exact) mass is 619 g/mol. The molecule has 220 valence electrons. The summed E-state index contributed by atoms with van der Waals surface area (Å²) in [7, 11) is -3.97. The van der Waals surface area contributed by atoms with Crippen molar-refractivity contribution in [2.45, 2.75) is 50.6 Å². The molecular formula is C30H35ClFN3O4S2. The molecule has 0 aliphatic carbocycles. The van der Waals surface area contributed by atoms with Gasteiger partial charge in [0.05, 0.1) is 17.9 Å². The molecule has 2 amide bonds. The lowest BCUT2D eigenvalue weighted by atomic mass is 10.0. The van der Waals surface area contributed by atoms with Gasteiger partial charge in [-0.25, -0.2) is 12.8 Å². The molecule has 0 saturated carbocycles. The summed E-state index contributed by atoms with van der Waals surface area (Å²) in [6, 6.07) is 15.5. The SMILES string of the molecule is CC(C)CN(CC(=O)N(Cc1ccc(F)cc1)C1CCN(C(=O)Cc2cccs2)CC1)S(=O)(=O)c1ccc(Cl)cc1. The molecule has 0 bridgehead atoms. The fourth-order valence-corrected chi connectivity index (χ4v) is 7.34. The third kappa shape index (κ3) is 8.38. The minimum absolute atomic E-state index is 0.0204. The van der Waals surface area contributed by atoms with Crippen LogP contribution in [0.1, 0.15) is 37.1 Å². The molecule has 1 saturated heterocycles. The van der Waals surface area contributed by atoms with Gasteiger partial charge in [-0.2, -0.15) is 4.31 Å². The highest BCUT2D eigenvalue weighted by Crippen LogP contribution is 2.24. The third-order valence-corrected chi connectivity index (χ3v) is 10.0. The van der Waals surface area contributed by atoms with Gasteiger partial charge in [0.15, 0.2) is 0 Å². The number of nitrogens with zero attached hydrogens (tertiary/aromatic N) is 3. The fourth-order valence-electron chi connectivity index (χ4n) is 4.96. The van der Waals surface area contributed by atoms with Crippen molar-refractivity contribution in [2.24, 2.45) is 5.92 Å². The van der Waals surface area contributed by atoms with E-state index in [1.165, 1.54) is 40.7 Å². The predicted octanol–water partition coefficient (Wildman–Crippen LogP) is 5.45. The molecule has 7 nitrogen and oxygen atoms in total. The van der Waals surface area contributed by atoms with Crippen molar-refractivity contribution in [1.29, 1.82) is 0 Å². The second-order valence-electron chi connectivity index (χ2n) is 10.7. The molecule has 0 N–H and O–H groups in total. The highest BCUT2D eigenvalue weighted by atomic mass is 35.5. The van der Waals surface area contributed by atoms with E-state index in [1.54, 1.807) is 28.4 Å². The Labute approximate surface area is 250 Å². The van der Waals surface area contributed by atoms with Crippen LogP contribution in [0.4, 0.5) is 4.39 Å². The van der Waals surface area contributed by atoms with Gasteiger partial charge in [-0.1, -0.05) is 43.6 Å². The topological polar surface area (TPSA) is 78.0 Å². The average molecular weight is 620 g/mol. The molecule has 0 spiro atoms. The number of thiophene rings is 1. The van der Waals surface area contributed by atoms with Gasteiger partial charge in [0.2, 0.25) is 21.8 Å². The number of carbonyl (C=O) groups excluding carboxylic acids is 2. The Bertz CT molecular complexity index is 1410. The van der Waals surface area contributed by atoms with Crippen LogP contribution in [0.5, 0.6) is 0 Å². The Morgan fingerprint density at radius 1 is 1.05 bits per heavy atom. The van der Waals surface area contributed by atoms with Gasteiger partial charge in [-0.15, -0.1) is 11.3 Å². The predicted molar refractivity (Wildman–Crippen MR) is 160 cm³/mol. The van der Waals surface area contributed by atoms with Crippen LogP contribution in [0.3, 0.4) is 0 Å². The van der Waals surface area contributed by atoms with Crippen molar-refractivity contribution in [3.63, 3.8) is 0 Å². The third-order valence-electron chi connectivity index (χ3n) is 7.08. The second kappa shape index (κ2) is 13.9. The van der Waals surface area contributed by atoms with Crippen molar-refractivity contribution in [2.75, 3.05) is 26.2 Å². The van der Waals surface area contributed by atoms with Crippen LogP contribution in [0.15, 0.2) is 70.9 Å². The first-order chi connectivity index (χ1) is 19.5. The number of amides is 2. The van der Waals surface area contributed by atoms with Gasteiger partial charge >= 0.3 is 0 Å². The van der Waals surface area contributed by atoms with Gasteiger partial charge < -0.3 is 9.80 Å². The van der Waals surface area contributed by atoms with Crippen LogP contribution in [-0.2, 0) is 32.6 Å². The summed E-state index contributed by atoms with van der Waals surface area (Å²) in [4.78, 5) is 31.4. The smallest absolute Gasteiger partial charge is 0.243 e. The van der Waals surface area contributed by atoms with Gasteiger partial charge in [0.1, 0.15) is 5.82 Å². The Hall–Kier alpha value is -2.79. The summed E-state index contributed by atoms with van der Waals surface area (Å²) in [6.07, 6.45) is 1.49. The first kappa shape index (κ1) is 31.2. The summed E-state index contributed by atoms with van der Waals surface area (Å²) < 4.78 is 42.0. The van der Waals surface area contributed by atoms with E-state index in [2.05, 4.69) is 0 Å². The van der Waals surface area contributed by atoms with E-state index in [9.17, 15) is 22.4 Å². The Morgan fingerprint density at radius 2 is 1.71 bits per heavy atom.